The predicted octanol–water partition coefficient (Wildman–Crippen LogP) is 0.324. The second-order valence-corrected chi connectivity index (χ2v) is 6.07. The highest BCUT2D eigenvalue weighted by Crippen LogP contribution is 2.18. The summed E-state index contributed by atoms with van der Waals surface area (Å²) in [7, 11) is -3.11. The smallest absolute Gasteiger partial charge is 0.175 e. The van der Waals surface area contributed by atoms with E-state index < -0.39 is 9.84 Å². The largest absolute Gasteiger partial charge is 0.314 e. The number of nitrogens with one attached hydrogen (secondary N) is 2. The van der Waals surface area contributed by atoms with E-state index in [0.29, 0.717) is 4.90 Å². The lowest BCUT2D eigenvalue weighted by Gasteiger charge is -2.25. The number of piperazine rings is 1. The van der Waals surface area contributed by atoms with Gasteiger partial charge in [-0.05, 0) is 17.7 Å². The average molecular weight is 240 g/mol. The summed E-state index contributed by atoms with van der Waals surface area (Å²) < 4.78 is 22.9. The molecule has 1 aliphatic heterocycles. The van der Waals surface area contributed by atoms with Crippen LogP contribution in [-0.2, 0) is 9.84 Å². The fourth-order valence-electron chi connectivity index (χ4n) is 1.85. The molecular weight excluding hydrogens is 224 g/mol. The molecule has 5 heteroatoms. The maximum atomic E-state index is 11.4. The third kappa shape index (κ3) is 2.61. The monoisotopic (exact) mass is 240 g/mol. The van der Waals surface area contributed by atoms with Crippen LogP contribution in [0.15, 0.2) is 29.2 Å². The van der Waals surface area contributed by atoms with Crippen LogP contribution in [-0.4, -0.2) is 34.3 Å². The van der Waals surface area contributed by atoms with Gasteiger partial charge in [0.1, 0.15) is 0 Å². The van der Waals surface area contributed by atoms with E-state index in [9.17, 15) is 8.42 Å². The van der Waals surface area contributed by atoms with E-state index in [-0.39, 0.29) is 6.04 Å². The van der Waals surface area contributed by atoms with Crippen LogP contribution in [0.5, 0.6) is 0 Å². The molecule has 2 N–H and O–H groups in total. The Hall–Kier alpha value is -0.910. The second kappa shape index (κ2) is 4.53. The maximum Gasteiger partial charge on any atom is 0.175 e. The summed E-state index contributed by atoms with van der Waals surface area (Å²) in [4.78, 5) is 0.386. The van der Waals surface area contributed by atoms with Gasteiger partial charge < -0.3 is 10.6 Å². The number of hydrogen-bond donors (Lipinski definition) is 2. The minimum absolute atomic E-state index is 0.204. The van der Waals surface area contributed by atoms with Gasteiger partial charge in [0.05, 0.1) is 4.90 Å². The summed E-state index contributed by atoms with van der Waals surface area (Å²) in [6.45, 7) is 2.71. The van der Waals surface area contributed by atoms with Gasteiger partial charge in [-0.15, -0.1) is 0 Å². The molecule has 0 aromatic heterocycles. The number of rotatable bonds is 2. The van der Waals surface area contributed by atoms with Crippen molar-refractivity contribution in [3.8, 4) is 0 Å². The standard InChI is InChI=1S/C11H16N2O2S/c1-16(14,15)10-4-2-3-9(7-10)11-8-12-5-6-13-11/h2-4,7,11-13H,5-6,8H2,1H3. The third-order valence-corrected chi connectivity index (χ3v) is 3.84. The average Bonchev–Trinajstić information content (AvgIpc) is 2.29. The Morgan fingerprint density at radius 3 is 2.75 bits per heavy atom. The molecule has 4 nitrogen and oxygen atoms in total. The van der Waals surface area contributed by atoms with Crippen molar-refractivity contribution >= 4 is 9.84 Å². The van der Waals surface area contributed by atoms with Crippen LogP contribution in [0, 0.1) is 0 Å². The molecule has 16 heavy (non-hydrogen) atoms. The molecule has 0 saturated carbocycles. The molecule has 0 spiro atoms. The van der Waals surface area contributed by atoms with Gasteiger partial charge in [-0.3, -0.25) is 0 Å². The van der Waals surface area contributed by atoms with Crippen LogP contribution in [0.1, 0.15) is 11.6 Å². The van der Waals surface area contributed by atoms with Crippen molar-refractivity contribution in [3.63, 3.8) is 0 Å². The molecule has 1 fully saturated rings. The molecule has 1 saturated heterocycles. The fourth-order valence-corrected chi connectivity index (χ4v) is 2.53. The van der Waals surface area contributed by atoms with Gasteiger partial charge in [-0.25, -0.2) is 8.42 Å². The normalized spacial score (nSPS) is 21.9. The first kappa shape index (κ1) is 11.6. The molecule has 88 valence electrons. The van der Waals surface area contributed by atoms with E-state index in [0.717, 1.165) is 25.2 Å². The summed E-state index contributed by atoms with van der Waals surface area (Å²) in [5, 5.41) is 6.64. The molecule has 0 radical (unpaired) electrons. The highest BCUT2D eigenvalue weighted by atomic mass is 32.2. The molecule has 1 aliphatic rings. The fraction of sp³-hybridized carbons (Fsp3) is 0.455. The Morgan fingerprint density at radius 1 is 1.31 bits per heavy atom. The quantitative estimate of drug-likeness (QED) is 0.782. The van der Waals surface area contributed by atoms with Crippen molar-refractivity contribution in [2.75, 3.05) is 25.9 Å². The van der Waals surface area contributed by atoms with E-state index in [1.165, 1.54) is 6.26 Å². The SMILES string of the molecule is CS(=O)(=O)c1cccc(C2CNCCN2)c1. The van der Waals surface area contributed by atoms with Gasteiger partial charge in [0, 0.05) is 31.9 Å². The highest BCUT2D eigenvalue weighted by Gasteiger charge is 2.16. The summed E-state index contributed by atoms with van der Waals surface area (Å²) in [5.74, 6) is 0. The van der Waals surface area contributed by atoms with Crippen molar-refractivity contribution < 1.29 is 8.42 Å². The Kier molecular flexibility index (Phi) is 3.28. The Balaban J connectivity index is 2.28. The van der Waals surface area contributed by atoms with Crippen LogP contribution in [0.4, 0.5) is 0 Å². The zero-order valence-corrected chi connectivity index (χ0v) is 10.0. The third-order valence-electron chi connectivity index (χ3n) is 2.73. The molecule has 0 bridgehead atoms. The predicted molar refractivity (Wildman–Crippen MR) is 63.2 cm³/mol. The minimum Gasteiger partial charge on any atom is -0.314 e. The molecule has 1 unspecified atom stereocenters. The maximum absolute atomic E-state index is 11.4. The van der Waals surface area contributed by atoms with E-state index in [1.54, 1.807) is 18.2 Å². The zero-order valence-electron chi connectivity index (χ0n) is 9.23. The van der Waals surface area contributed by atoms with E-state index in [4.69, 9.17) is 0 Å². The first-order valence-corrected chi connectivity index (χ1v) is 7.20. The molecule has 1 aromatic rings. The lowest BCUT2D eigenvalue weighted by molar-refractivity contribution is 0.429. The van der Waals surface area contributed by atoms with Crippen molar-refractivity contribution in [2.45, 2.75) is 10.9 Å². The molecule has 1 atom stereocenters. The minimum atomic E-state index is -3.11. The van der Waals surface area contributed by atoms with Crippen LogP contribution in [0.25, 0.3) is 0 Å². The number of benzene rings is 1. The van der Waals surface area contributed by atoms with E-state index >= 15 is 0 Å². The molecular formula is C11H16N2O2S. The van der Waals surface area contributed by atoms with Gasteiger partial charge >= 0.3 is 0 Å². The van der Waals surface area contributed by atoms with Crippen molar-refractivity contribution in [1.82, 2.24) is 10.6 Å². The van der Waals surface area contributed by atoms with Crippen molar-refractivity contribution in [3.05, 3.63) is 29.8 Å². The van der Waals surface area contributed by atoms with Crippen LogP contribution in [0.3, 0.4) is 0 Å². The summed E-state index contributed by atoms with van der Waals surface area (Å²) in [6.07, 6.45) is 1.23. The molecule has 1 aromatic carbocycles. The lowest BCUT2D eigenvalue weighted by Crippen LogP contribution is -2.42. The molecule has 0 amide bonds. The Labute approximate surface area is 96.0 Å². The van der Waals surface area contributed by atoms with Gasteiger partial charge in [-0.2, -0.15) is 0 Å². The van der Waals surface area contributed by atoms with Crippen LogP contribution < -0.4 is 10.6 Å². The van der Waals surface area contributed by atoms with Gasteiger partial charge in [0.15, 0.2) is 9.84 Å². The van der Waals surface area contributed by atoms with Crippen molar-refractivity contribution in [2.24, 2.45) is 0 Å². The highest BCUT2D eigenvalue weighted by molar-refractivity contribution is 7.90. The Bertz CT molecular complexity index is 465. The summed E-state index contributed by atoms with van der Waals surface area (Å²) in [6, 6.07) is 7.34. The summed E-state index contributed by atoms with van der Waals surface area (Å²) >= 11 is 0. The number of hydrogen-bond acceptors (Lipinski definition) is 4. The molecule has 0 aliphatic carbocycles. The summed E-state index contributed by atoms with van der Waals surface area (Å²) in [5.41, 5.74) is 1.02. The molecule has 1 heterocycles. The van der Waals surface area contributed by atoms with Gasteiger partial charge in [0.25, 0.3) is 0 Å². The first-order valence-electron chi connectivity index (χ1n) is 5.31. The Morgan fingerprint density at radius 2 is 2.12 bits per heavy atom. The van der Waals surface area contributed by atoms with Crippen LogP contribution >= 0.6 is 0 Å². The van der Waals surface area contributed by atoms with E-state index in [1.807, 2.05) is 6.07 Å². The van der Waals surface area contributed by atoms with Gasteiger partial charge in [-0.1, -0.05) is 12.1 Å². The lowest BCUT2D eigenvalue weighted by atomic mass is 10.1. The number of sulfone groups is 1. The zero-order chi connectivity index (χ0) is 11.6. The second-order valence-electron chi connectivity index (χ2n) is 4.06. The molecule has 2 rings (SSSR count). The first-order chi connectivity index (χ1) is 7.57. The van der Waals surface area contributed by atoms with Crippen LogP contribution in [0.2, 0.25) is 0 Å². The van der Waals surface area contributed by atoms with Gasteiger partial charge in [0.2, 0.25) is 0 Å². The van der Waals surface area contributed by atoms with Crippen molar-refractivity contribution in [1.29, 1.82) is 0 Å². The topological polar surface area (TPSA) is 58.2 Å². The van der Waals surface area contributed by atoms with E-state index in [2.05, 4.69) is 10.6 Å².